The van der Waals surface area contributed by atoms with Crippen molar-refractivity contribution < 1.29 is 4.74 Å². The molecule has 96 valence electrons. The average Bonchev–Trinajstić information content (AvgIpc) is 2.79. The normalized spacial score (nSPS) is 21.2. The van der Waals surface area contributed by atoms with Crippen molar-refractivity contribution in [2.24, 2.45) is 0 Å². The second kappa shape index (κ2) is 8.04. The molecule has 0 radical (unpaired) electrons. The third-order valence-corrected chi connectivity index (χ3v) is 3.60. The zero-order valence-electron chi connectivity index (χ0n) is 11.2. The molecule has 3 nitrogen and oxygen atoms in total. The van der Waals surface area contributed by atoms with Crippen LogP contribution in [0.4, 0.5) is 0 Å². The Balaban J connectivity index is 2.00. The van der Waals surface area contributed by atoms with E-state index in [0.29, 0.717) is 6.10 Å². The molecule has 1 heterocycles. The lowest BCUT2D eigenvalue weighted by Crippen LogP contribution is -2.38. The molecule has 0 aliphatic carbocycles. The van der Waals surface area contributed by atoms with E-state index in [1.165, 1.54) is 25.7 Å². The van der Waals surface area contributed by atoms with Gasteiger partial charge in [-0.05, 0) is 32.7 Å². The summed E-state index contributed by atoms with van der Waals surface area (Å²) >= 11 is 0. The maximum Gasteiger partial charge on any atom is 0.0700 e. The summed E-state index contributed by atoms with van der Waals surface area (Å²) < 4.78 is 5.57. The molecule has 1 saturated heterocycles. The number of ether oxygens (including phenoxy) is 1. The van der Waals surface area contributed by atoms with E-state index in [2.05, 4.69) is 31.1 Å². The maximum absolute atomic E-state index is 5.57. The maximum atomic E-state index is 5.57. The quantitative estimate of drug-likeness (QED) is 0.642. The summed E-state index contributed by atoms with van der Waals surface area (Å²) in [5.41, 5.74) is 0. The van der Waals surface area contributed by atoms with Crippen LogP contribution in [0.15, 0.2) is 0 Å². The Morgan fingerprint density at radius 3 is 2.69 bits per heavy atom. The lowest BCUT2D eigenvalue weighted by atomic mass is 10.1. The summed E-state index contributed by atoms with van der Waals surface area (Å²) in [6.07, 6.45) is 5.44. The third kappa shape index (κ3) is 4.81. The van der Waals surface area contributed by atoms with Crippen molar-refractivity contribution >= 4 is 0 Å². The Bertz CT molecular complexity index is 165. The zero-order valence-corrected chi connectivity index (χ0v) is 11.2. The van der Waals surface area contributed by atoms with E-state index in [9.17, 15) is 0 Å². The Morgan fingerprint density at radius 1 is 1.38 bits per heavy atom. The van der Waals surface area contributed by atoms with Gasteiger partial charge >= 0.3 is 0 Å². The summed E-state index contributed by atoms with van der Waals surface area (Å²) in [6, 6.07) is 0.740. The van der Waals surface area contributed by atoms with Gasteiger partial charge in [-0.25, -0.2) is 0 Å². The first-order valence-corrected chi connectivity index (χ1v) is 6.80. The molecule has 1 unspecified atom stereocenters. The topological polar surface area (TPSA) is 24.5 Å². The van der Waals surface area contributed by atoms with Crippen LogP contribution >= 0.6 is 0 Å². The zero-order chi connectivity index (χ0) is 11.8. The largest absolute Gasteiger partial charge is 0.377 e. The second-order valence-corrected chi connectivity index (χ2v) is 4.79. The van der Waals surface area contributed by atoms with Crippen LogP contribution in [0.1, 0.15) is 39.5 Å². The van der Waals surface area contributed by atoms with Crippen molar-refractivity contribution in [1.82, 2.24) is 10.2 Å². The Kier molecular flexibility index (Phi) is 7.01. The first kappa shape index (κ1) is 13.9. The van der Waals surface area contributed by atoms with Gasteiger partial charge < -0.3 is 15.0 Å². The van der Waals surface area contributed by atoms with E-state index in [1.54, 1.807) is 0 Å². The van der Waals surface area contributed by atoms with Crippen molar-refractivity contribution in [3.8, 4) is 0 Å². The molecule has 16 heavy (non-hydrogen) atoms. The molecule has 0 bridgehead atoms. The van der Waals surface area contributed by atoms with Crippen LogP contribution in [0.2, 0.25) is 0 Å². The fraction of sp³-hybridized carbons (Fsp3) is 1.00. The van der Waals surface area contributed by atoms with Crippen molar-refractivity contribution in [2.45, 2.75) is 51.7 Å². The van der Waals surface area contributed by atoms with Gasteiger partial charge in [0, 0.05) is 32.3 Å². The predicted molar refractivity (Wildman–Crippen MR) is 68.8 cm³/mol. The molecule has 0 spiro atoms. The number of rotatable bonds is 8. The molecule has 0 aromatic heterocycles. The van der Waals surface area contributed by atoms with Crippen molar-refractivity contribution in [3.05, 3.63) is 0 Å². The van der Waals surface area contributed by atoms with Crippen LogP contribution in [0.3, 0.4) is 0 Å². The van der Waals surface area contributed by atoms with Gasteiger partial charge in [0.15, 0.2) is 0 Å². The van der Waals surface area contributed by atoms with E-state index in [0.717, 1.165) is 32.3 Å². The number of nitrogens with zero attached hydrogens (tertiary/aromatic N) is 1. The van der Waals surface area contributed by atoms with Gasteiger partial charge in [-0.1, -0.05) is 13.8 Å². The minimum absolute atomic E-state index is 0.471. The number of nitrogens with one attached hydrogen (secondary N) is 1. The summed E-state index contributed by atoms with van der Waals surface area (Å²) in [6.45, 7) is 8.73. The van der Waals surface area contributed by atoms with E-state index in [-0.39, 0.29) is 0 Å². The molecular weight excluding hydrogens is 200 g/mol. The van der Waals surface area contributed by atoms with Crippen LogP contribution in [0, 0.1) is 0 Å². The molecule has 1 fully saturated rings. The van der Waals surface area contributed by atoms with Crippen LogP contribution in [0.25, 0.3) is 0 Å². The van der Waals surface area contributed by atoms with Crippen LogP contribution in [-0.2, 0) is 4.74 Å². The van der Waals surface area contributed by atoms with Gasteiger partial charge in [-0.2, -0.15) is 0 Å². The fourth-order valence-electron chi connectivity index (χ4n) is 2.42. The first-order chi connectivity index (χ1) is 7.77. The Labute approximate surface area is 101 Å². The molecule has 0 saturated carbocycles. The lowest BCUT2D eigenvalue weighted by molar-refractivity contribution is 0.109. The standard InChI is InChI=1S/C13H28N2O/c1-4-12(5-2)15(3)9-8-14-11-13-7-6-10-16-13/h12-14H,4-11H2,1-3H3. The van der Waals surface area contributed by atoms with Crippen LogP contribution in [-0.4, -0.2) is 50.3 Å². The van der Waals surface area contributed by atoms with Gasteiger partial charge in [0.25, 0.3) is 0 Å². The highest BCUT2D eigenvalue weighted by Crippen LogP contribution is 2.10. The van der Waals surface area contributed by atoms with E-state index in [1.807, 2.05) is 0 Å². The molecule has 1 atom stereocenters. The molecule has 1 aliphatic rings. The Morgan fingerprint density at radius 2 is 2.12 bits per heavy atom. The van der Waals surface area contributed by atoms with Gasteiger partial charge in [0.05, 0.1) is 6.10 Å². The van der Waals surface area contributed by atoms with E-state index >= 15 is 0 Å². The van der Waals surface area contributed by atoms with Gasteiger partial charge in [-0.15, -0.1) is 0 Å². The summed E-state index contributed by atoms with van der Waals surface area (Å²) in [7, 11) is 2.23. The summed E-state index contributed by atoms with van der Waals surface area (Å²) in [5, 5.41) is 3.49. The minimum Gasteiger partial charge on any atom is -0.377 e. The smallest absolute Gasteiger partial charge is 0.0700 e. The van der Waals surface area contributed by atoms with Crippen LogP contribution < -0.4 is 5.32 Å². The predicted octanol–water partition coefficient (Wildman–Crippen LogP) is 1.88. The molecular formula is C13H28N2O. The van der Waals surface area contributed by atoms with E-state index < -0.39 is 0 Å². The highest BCUT2D eigenvalue weighted by Gasteiger charge is 2.15. The minimum atomic E-state index is 0.471. The van der Waals surface area contributed by atoms with Gasteiger partial charge in [-0.3, -0.25) is 0 Å². The molecule has 1 N–H and O–H groups in total. The van der Waals surface area contributed by atoms with Gasteiger partial charge in [0.2, 0.25) is 0 Å². The molecule has 0 amide bonds. The molecule has 1 rings (SSSR count). The monoisotopic (exact) mass is 228 g/mol. The SMILES string of the molecule is CCC(CC)N(C)CCNCC1CCCO1. The molecule has 0 aromatic carbocycles. The van der Waals surface area contributed by atoms with Crippen molar-refractivity contribution in [3.63, 3.8) is 0 Å². The third-order valence-electron chi connectivity index (χ3n) is 3.60. The fourth-order valence-corrected chi connectivity index (χ4v) is 2.42. The summed E-state index contributed by atoms with van der Waals surface area (Å²) in [4.78, 5) is 2.46. The second-order valence-electron chi connectivity index (χ2n) is 4.79. The molecule has 0 aromatic rings. The highest BCUT2D eigenvalue weighted by atomic mass is 16.5. The van der Waals surface area contributed by atoms with Crippen molar-refractivity contribution in [1.29, 1.82) is 0 Å². The number of hydrogen-bond donors (Lipinski definition) is 1. The average molecular weight is 228 g/mol. The first-order valence-electron chi connectivity index (χ1n) is 6.80. The Hall–Kier alpha value is -0.120. The van der Waals surface area contributed by atoms with Crippen molar-refractivity contribution in [2.75, 3.05) is 33.3 Å². The lowest BCUT2D eigenvalue weighted by Gasteiger charge is -2.26. The molecule has 1 aliphatic heterocycles. The van der Waals surface area contributed by atoms with Crippen LogP contribution in [0.5, 0.6) is 0 Å². The van der Waals surface area contributed by atoms with E-state index in [4.69, 9.17) is 4.74 Å². The number of likely N-dealkylation sites (N-methyl/N-ethyl adjacent to an activating group) is 1. The highest BCUT2D eigenvalue weighted by molar-refractivity contribution is 4.69. The molecule has 3 heteroatoms. The number of hydrogen-bond acceptors (Lipinski definition) is 3. The summed E-state index contributed by atoms with van der Waals surface area (Å²) in [5.74, 6) is 0. The van der Waals surface area contributed by atoms with Gasteiger partial charge in [0.1, 0.15) is 0 Å².